The number of anilines is 1. The summed E-state index contributed by atoms with van der Waals surface area (Å²) in [4.78, 5) is 4.59. The molecular weight excluding hydrogens is 464 g/mol. The van der Waals surface area contributed by atoms with Gasteiger partial charge < -0.3 is 14.5 Å². The van der Waals surface area contributed by atoms with Crippen molar-refractivity contribution in [2.24, 2.45) is 0 Å². The van der Waals surface area contributed by atoms with Crippen LogP contribution in [0.15, 0.2) is 74.7 Å². The lowest BCUT2D eigenvalue weighted by Crippen LogP contribution is -2.16. The van der Waals surface area contributed by atoms with Crippen molar-refractivity contribution in [3.05, 3.63) is 70.9 Å². The van der Waals surface area contributed by atoms with Crippen molar-refractivity contribution in [3.8, 4) is 28.5 Å². The first-order chi connectivity index (χ1) is 14.7. The highest BCUT2D eigenvalue weighted by Gasteiger charge is 2.28. The van der Waals surface area contributed by atoms with Crippen LogP contribution < -0.4 is 10.1 Å². The average molecular weight is 481 g/mol. The zero-order chi connectivity index (χ0) is 20.5. The number of hydrogen-bond donors (Lipinski definition) is 1. The molecule has 2 aromatic heterocycles. The first-order valence-electron chi connectivity index (χ1n) is 9.47. The van der Waals surface area contributed by atoms with Gasteiger partial charge in [-0.15, -0.1) is 10.2 Å². The van der Waals surface area contributed by atoms with Gasteiger partial charge in [-0.2, -0.15) is 4.98 Å². The molecular formula is C22H17BrN4O2S. The molecule has 1 aliphatic rings. The Hall–Kier alpha value is -2.84. The molecule has 30 heavy (non-hydrogen) atoms. The fraction of sp³-hybridized carbons (Fsp3) is 0.136. The van der Waals surface area contributed by atoms with E-state index >= 15 is 0 Å². The van der Waals surface area contributed by atoms with Crippen LogP contribution in [0.25, 0.3) is 22.6 Å². The molecule has 0 fully saturated rings. The minimum atomic E-state index is -0.548. The molecule has 0 saturated heterocycles. The van der Waals surface area contributed by atoms with Gasteiger partial charge in [-0.1, -0.05) is 64.9 Å². The standard InChI is InChI=1S/C22H17BrN4O2S/c1-2-30-22-25-21-19(26-27-22)15-5-3-4-6-16(15)24-20(29-21)18-12-11-17(28-18)13-7-9-14(23)10-8-13/h3-12,20,24H,2H2,1H3. The molecule has 1 atom stereocenters. The number of nitrogens with one attached hydrogen (secondary N) is 1. The molecule has 0 saturated carbocycles. The predicted octanol–water partition coefficient (Wildman–Crippen LogP) is 6.18. The quantitative estimate of drug-likeness (QED) is 0.349. The number of fused-ring (bicyclic) bond motifs is 3. The van der Waals surface area contributed by atoms with E-state index in [9.17, 15) is 0 Å². The minimum absolute atomic E-state index is 0.435. The molecule has 4 aromatic rings. The molecule has 0 bridgehead atoms. The Bertz CT molecular complexity index is 1200. The maximum Gasteiger partial charge on any atom is 0.247 e. The molecule has 1 unspecified atom stereocenters. The largest absolute Gasteiger partial charge is 0.455 e. The van der Waals surface area contributed by atoms with Crippen molar-refractivity contribution in [1.29, 1.82) is 0 Å². The van der Waals surface area contributed by atoms with Gasteiger partial charge in [0.25, 0.3) is 0 Å². The van der Waals surface area contributed by atoms with Crippen LogP contribution in [-0.4, -0.2) is 20.9 Å². The number of nitrogens with zero attached hydrogens (tertiary/aromatic N) is 3. The van der Waals surface area contributed by atoms with E-state index in [4.69, 9.17) is 9.15 Å². The number of aromatic nitrogens is 3. The Labute approximate surface area is 186 Å². The summed E-state index contributed by atoms with van der Waals surface area (Å²) >= 11 is 4.99. The number of benzene rings is 2. The third-order valence-electron chi connectivity index (χ3n) is 4.62. The van der Waals surface area contributed by atoms with Gasteiger partial charge >= 0.3 is 0 Å². The summed E-state index contributed by atoms with van der Waals surface area (Å²) in [7, 11) is 0. The Morgan fingerprint density at radius 3 is 2.70 bits per heavy atom. The maximum atomic E-state index is 6.24. The number of ether oxygens (including phenoxy) is 1. The zero-order valence-corrected chi connectivity index (χ0v) is 18.4. The van der Waals surface area contributed by atoms with Crippen LogP contribution in [0, 0.1) is 0 Å². The van der Waals surface area contributed by atoms with Gasteiger partial charge in [0.05, 0.1) is 0 Å². The SMILES string of the molecule is CCSc1nnc2c(n1)OC(c1ccc(-c3ccc(Br)cc3)o1)Nc1ccccc1-2. The fourth-order valence-electron chi connectivity index (χ4n) is 3.23. The van der Waals surface area contributed by atoms with Crippen molar-refractivity contribution >= 4 is 33.4 Å². The van der Waals surface area contributed by atoms with Crippen LogP contribution in [0.4, 0.5) is 5.69 Å². The van der Waals surface area contributed by atoms with Gasteiger partial charge in [-0.3, -0.25) is 0 Å². The number of thioether (sulfide) groups is 1. The van der Waals surface area contributed by atoms with Gasteiger partial charge in [-0.05, 0) is 36.1 Å². The predicted molar refractivity (Wildman–Crippen MR) is 120 cm³/mol. The van der Waals surface area contributed by atoms with Crippen LogP contribution in [0.2, 0.25) is 0 Å². The second kappa shape index (κ2) is 8.12. The van der Waals surface area contributed by atoms with Crippen LogP contribution in [-0.2, 0) is 0 Å². The topological polar surface area (TPSA) is 73.1 Å². The smallest absolute Gasteiger partial charge is 0.247 e. The number of para-hydroxylation sites is 1. The average Bonchev–Trinajstić information content (AvgIpc) is 3.19. The third-order valence-corrected chi connectivity index (χ3v) is 5.87. The van der Waals surface area contributed by atoms with Crippen molar-refractivity contribution in [1.82, 2.24) is 15.2 Å². The molecule has 1 N–H and O–H groups in total. The van der Waals surface area contributed by atoms with Crippen LogP contribution in [0.3, 0.4) is 0 Å². The molecule has 2 aromatic carbocycles. The van der Waals surface area contributed by atoms with E-state index in [-0.39, 0.29) is 0 Å². The molecule has 0 radical (unpaired) electrons. The normalized spacial score (nSPS) is 14.8. The summed E-state index contributed by atoms with van der Waals surface area (Å²) in [5.41, 5.74) is 3.38. The van der Waals surface area contributed by atoms with Gasteiger partial charge in [0, 0.05) is 21.3 Å². The van der Waals surface area contributed by atoms with Gasteiger partial charge in [0.2, 0.25) is 17.3 Å². The lowest BCUT2D eigenvalue weighted by Gasteiger charge is -2.16. The van der Waals surface area contributed by atoms with Gasteiger partial charge in [0.1, 0.15) is 5.76 Å². The number of hydrogen-bond acceptors (Lipinski definition) is 7. The van der Waals surface area contributed by atoms with Crippen molar-refractivity contribution in [2.45, 2.75) is 18.3 Å². The number of halogens is 1. The van der Waals surface area contributed by atoms with Crippen LogP contribution >= 0.6 is 27.7 Å². The first kappa shape index (κ1) is 19.1. The van der Waals surface area contributed by atoms with Crippen LogP contribution in [0.5, 0.6) is 5.88 Å². The van der Waals surface area contributed by atoms with E-state index in [1.165, 1.54) is 11.8 Å². The summed E-state index contributed by atoms with van der Waals surface area (Å²) < 4.78 is 13.4. The monoisotopic (exact) mass is 480 g/mol. The molecule has 150 valence electrons. The molecule has 3 heterocycles. The second-order valence-corrected chi connectivity index (χ2v) is 8.72. The molecule has 8 heteroatoms. The van der Waals surface area contributed by atoms with E-state index in [1.54, 1.807) is 0 Å². The van der Waals surface area contributed by atoms with E-state index < -0.39 is 6.23 Å². The summed E-state index contributed by atoms with van der Waals surface area (Å²) in [6.07, 6.45) is -0.548. The second-order valence-electron chi connectivity index (χ2n) is 6.58. The Morgan fingerprint density at radius 1 is 1.03 bits per heavy atom. The highest BCUT2D eigenvalue weighted by Crippen LogP contribution is 2.40. The summed E-state index contributed by atoms with van der Waals surface area (Å²) in [5.74, 6) is 2.71. The van der Waals surface area contributed by atoms with Crippen molar-refractivity contribution in [3.63, 3.8) is 0 Å². The van der Waals surface area contributed by atoms with E-state index in [0.29, 0.717) is 22.5 Å². The Kier molecular flexibility index (Phi) is 5.18. The van der Waals surface area contributed by atoms with Gasteiger partial charge in [-0.25, -0.2) is 0 Å². The number of rotatable bonds is 4. The summed E-state index contributed by atoms with van der Waals surface area (Å²) in [5, 5.41) is 12.6. The first-order valence-corrected chi connectivity index (χ1v) is 11.2. The molecule has 0 aliphatic carbocycles. The fourth-order valence-corrected chi connectivity index (χ4v) is 4.00. The Morgan fingerprint density at radius 2 is 1.87 bits per heavy atom. The van der Waals surface area contributed by atoms with E-state index in [0.717, 1.165) is 32.8 Å². The zero-order valence-electron chi connectivity index (χ0n) is 16.0. The third kappa shape index (κ3) is 3.68. The lowest BCUT2D eigenvalue weighted by molar-refractivity contribution is 0.196. The minimum Gasteiger partial charge on any atom is -0.455 e. The number of furan rings is 1. The highest BCUT2D eigenvalue weighted by molar-refractivity contribution is 9.10. The maximum absolute atomic E-state index is 6.24. The lowest BCUT2D eigenvalue weighted by atomic mass is 10.1. The summed E-state index contributed by atoms with van der Waals surface area (Å²) in [6.45, 7) is 2.05. The molecule has 1 aliphatic heterocycles. The van der Waals surface area contributed by atoms with E-state index in [2.05, 4.69) is 36.4 Å². The molecule has 0 spiro atoms. The molecule has 5 rings (SSSR count). The summed E-state index contributed by atoms with van der Waals surface area (Å²) in [6, 6.07) is 19.7. The highest BCUT2D eigenvalue weighted by atomic mass is 79.9. The van der Waals surface area contributed by atoms with Crippen molar-refractivity contribution in [2.75, 3.05) is 11.1 Å². The van der Waals surface area contributed by atoms with Crippen LogP contribution in [0.1, 0.15) is 18.9 Å². The van der Waals surface area contributed by atoms with E-state index in [1.807, 2.05) is 67.6 Å². The molecule has 6 nitrogen and oxygen atoms in total. The molecule has 0 amide bonds. The van der Waals surface area contributed by atoms with Gasteiger partial charge in [0.15, 0.2) is 11.5 Å². The van der Waals surface area contributed by atoms with Crippen molar-refractivity contribution < 1.29 is 9.15 Å². The Balaban J connectivity index is 1.54.